The monoisotopic (exact) mass is 287 g/mol. The molecule has 15 heavy (non-hydrogen) atoms. The van der Waals surface area contributed by atoms with E-state index in [1.165, 1.54) is 0 Å². The van der Waals surface area contributed by atoms with Crippen molar-refractivity contribution < 1.29 is 4.79 Å². The van der Waals surface area contributed by atoms with Crippen molar-refractivity contribution in [1.29, 1.82) is 0 Å². The van der Waals surface area contributed by atoms with Gasteiger partial charge in [-0.15, -0.1) is 11.8 Å². The van der Waals surface area contributed by atoms with E-state index in [1.807, 2.05) is 0 Å². The first-order chi connectivity index (χ1) is 7.25. The van der Waals surface area contributed by atoms with Crippen LogP contribution in [0.2, 0.25) is 0 Å². The summed E-state index contributed by atoms with van der Waals surface area (Å²) in [5.41, 5.74) is 0. The van der Waals surface area contributed by atoms with Crippen molar-refractivity contribution in [3.05, 3.63) is 17.0 Å². The number of nitrogens with one attached hydrogen (secondary N) is 1. The number of amides is 1. The molecule has 1 aromatic heterocycles. The molecule has 0 spiro atoms. The van der Waals surface area contributed by atoms with E-state index in [0.717, 1.165) is 18.6 Å². The summed E-state index contributed by atoms with van der Waals surface area (Å²) in [5, 5.41) is 2.84. The highest BCUT2D eigenvalue weighted by Crippen LogP contribution is 2.26. The van der Waals surface area contributed by atoms with Crippen LogP contribution in [-0.4, -0.2) is 26.9 Å². The maximum atomic E-state index is 11.7. The molecule has 1 unspecified atom stereocenters. The van der Waals surface area contributed by atoms with Crippen molar-refractivity contribution in [2.45, 2.75) is 18.1 Å². The van der Waals surface area contributed by atoms with Gasteiger partial charge in [0.2, 0.25) is 5.91 Å². The zero-order chi connectivity index (χ0) is 10.7. The van der Waals surface area contributed by atoms with Crippen molar-refractivity contribution >= 4 is 39.4 Å². The fourth-order valence-electron chi connectivity index (χ4n) is 1.37. The summed E-state index contributed by atoms with van der Waals surface area (Å²) in [6.07, 6.45) is 5.19. The lowest BCUT2D eigenvalue weighted by atomic mass is 10.2. The van der Waals surface area contributed by atoms with E-state index in [9.17, 15) is 4.79 Å². The van der Waals surface area contributed by atoms with Crippen LogP contribution in [0.25, 0.3) is 0 Å². The van der Waals surface area contributed by atoms with Crippen molar-refractivity contribution in [3.8, 4) is 0 Å². The topological polar surface area (TPSA) is 54.9 Å². The Labute approximate surface area is 100 Å². The molecule has 1 aromatic rings. The molecule has 80 valence electrons. The summed E-state index contributed by atoms with van der Waals surface area (Å²) in [7, 11) is 0. The maximum Gasteiger partial charge on any atom is 0.238 e. The number of aromatic nitrogens is 2. The van der Waals surface area contributed by atoms with Gasteiger partial charge in [0.15, 0.2) is 5.82 Å². The van der Waals surface area contributed by atoms with Crippen LogP contribution in [-0.2, 0) is 4.79 Å². The Bertz CT molecular complexity index is 351. The Morgan fingerprint density at radius 3 is 3.00 bits per heavy atom. The van der Waals surface area contributed by atoms with Gasteiger partial charge in [0.25, 0.3) is 0 Å². The van der Waals surface area contributed by atoms with Crippen molar-refractivity contribution in [2.75, 3.05) is 11.1 Å². The van der Waals surface area contributed by atoms with E-state index in [4.69, 9.17) is 0 Å². The third kappa shape index (κ3) is 2.92. The Morgan fingerprint density at radius 1 is 1.53 bits per heavy atom. The zero-order valence-electron chi connectivity index (χ0n) is 7.94. The molecule has 0 bridgehead atoms. The molecule has 1 saturated heterocycles. The number of carbonyl (C=O) groups is 1. The van der Waals surface area contributed by atoms with Gasteiger partial charge < -0.3 is 5.32 Å². The SMILES string of the molecule is O=C(Nc1cnc(Br)cn1)C1CCCS1. The van der Waals surface area contributed by atoms with E-state index >= 15 is 0 Å². The molecular weight excluding hydrogens is 278 g/mol. The lowest BCUT2D eigenvalue weighted by Crippen LogP contribution is -2.23. The molecule has 0 aliphatic carbocycles. The number of anilines is 1. The minimum Gasteiger partial charge on any atom is -0.308 e. The maximum absolute atomic E-state index is 11.7. The summed E-state index contributed by atoms with van der Waals surface area (Å²) in [5.74, 6) is 1.62. The van der Waals surface area contributed by atoms with Crippen molar-refractivity contribution in [1.82, 2.24) is 9.97 Å². The van der Waals surface area contributed by atoms with Crippen LogP contribution in [0.3, 0.4) is 0 Å². The first-order valence-electron chi connectivity index (χ1n) is 4.66. The Morgan fingerprint density at radius 2 is 2.40 bits per heavy atom. The van der Waals surface area contributed by atoms with Gasteiger partial charge in [0, 0.05) is 0 Å². The molecule has 0 radical (unpaired) electrons. The largest absolute Gasteiger partial charge is 0.308 e. The summed E-state index contributed by atoms with van der Waals surface area (Å²) in [4.78, 5) is 19.7. The molecule has 6 heteroatoms. The van der Waals surface area contributed by atoms with Gasteiger partial charge in [-0.1, -0.05) is 0 Å². The minimum atomic E-state index is 0.0362. The highest BCUT2D eigenvalue weighted by Gasteiger charge is 2.23. The number of nitrogens with zero attached hydrogens (tertiary/aromatic N) is 2. The number of hydrogen-bond donors (Lipinski definition) is 1. The van der Waals surface area contributed by atoms with Crippen LogP contribution in [0.4, 0.5) is 5.82 Å². The van der Waals surface area contributed by atoms with Crippen LogP contribution in [0.1, 0.15) is 12.8 Å². The molecule has 1 N–H and O–H groups in total. The van der Waals surface area contributed by atoms with Gasteiger partial charge in [-0.05, 0) is 34.5 Å². The number of carbonyl (C=O) groups excluding carboxylic acids is 1. The fourth-order valence-corrected chi connectivity index (χ4v) is 2.73. The Balaban J connectivity index is 1.96. The van der Waals surface area contributed by atoms with E-state index in [1.54, 1.807) is 24.2 Å². The van der Waals surface area contributed by atoms with Crippen LogP contribution in [0.5, 0.6) is 0 Å². The lowest BCUT2D eigenvalue weighted by Gasteiger charge is -2.08. The van der Waals surface area contributed by atoms with Gasteiger partial charge in [0.05, 0.1) is 17.6 Å². The molecule has 0 saturated carbocycles. The molecule has 1 atom stereocenters. The Hall–Kier alpha value is -0.620. The molecular formula is C9H10BrN3OS. The third-order valence-electron chi connectivity index (χ3n) is 2.09. The number of rotatable bonds is 2. The molecule has 1 aliphatic heterocycles. The normalized spacial score (nSPS) is 20.2. The zero-order valence-corrected chi connectivity index (χ0v) is 10.3. The van der Waals surface area contributed by atoms with E-state index in [-0.39, 0.29) is 11.2 Å². The molecule has 2 rings (SSSR count). The predicted octanol–water partition coefficient (Wildman–Crippen LogP) is 2.07. The quantitative estimate of drug-likeness (QED) is 0.905. The van der Waals surface area contributed by atoms with Crippen LogP contribution in [0, 0.1) is 0 Å². The average molecular weight is 288 g/mol. The highest BCUT2D eigenvalue weighted by atomic mass is 79.9. The third-order valence-corrected chi connectivity index (χ3v) is 3.88. The summed E-state index contributed by atoms with van der Waals surface area (Å²) < 4.78 is 0.663. The van der Waals surface area contributed by atoms with Crippen LogP contribution >= 0.6 is 27.7 Å². The van der Waals surface area contributed by atoms with E-state index in [2.05, 4.69) is 31.2 Å². The van der Waals surface area contributed by atoms with Gasteiger partial charge in [-0.2, -0.15) is 0 Å². The second kappa shape index (κ2) is 4.94. The summed E-state index contributed by atoms with van der Waals surface area (Å²) >= 11 is 4.89. The number of thioether (sulfide) groups is 1. The number of halogens is 1. The van der Waals surface area contributed by atoms with Gasteiger partial charge >= 0.3 is 0 Å². The van der Waals surface area contributed by atoms with E-state index < -0.39 is 0 Å². The average Bonchev–Trinajstić information content (AvgIpc) is 2.74. The highest BCUT2D eigenvalue weighted by molar-refractivity contribution is 9.10. The predicted molar refractivity (Wildman–Crippen MR) is 63.8 cm³/mol. The molecule has 1 amide bonds. The van der Waals surface area contributed by atoms with Crippen LogP contribution < -0.4 is 5.32 Å². The second-order valence-electron chi connectivity index (χ2n) is 3.22. The van der Waals surface area contributed by atoms with Gasteiger partial charge in [0.1, 0.15) is 4.60 Å². The smallest absolute Gasteiger partial charge is 0.238 e. The van der Waals surface area contributed by atoms with E-state index in [0.29, 0.717) is 10.4 Å². The molecule has 1 fully saturated rings. The molecule has 0 aromatic carbocycles. The standard InChI is InChI=1S/C9H10BrN3OS/c10-7-4-12-8(5-11-7)13-9(14)6-2-1-3-15-6/h4-6H,1-3H2,(H,12,13,14). The number of hydrogen-bond acceptors (Lipinski definition) is 4. The summed E-state index contributed by atoms with van der Waals surface area (Å²) in [6, 6.07) is 0. The van der Waals surface area contributed by atoms with Gasteiger partial charge in [-0.25, -0.2) is 9.97 Å². The van der Waals surface area contributed by atoms with Crippen molar-refractivity contribution in [2.24, 2.45) is 0 Å². The van der Waals surface area contributed by atoms with Crippen LogP contribution in [0.15, 0.2) is 17.0 Å². The molecule has 2 heterocycles. The second-order valence-corrected chi connectivity index (χ2v) is 5.34. The minimum absolute atomic E-state index is 0.0362. The molecule has 4 nitrogen and oxygen atoms in total. The van der Waals surface area contributed by atoms with Crippen molar-refractivity contribution in [3.63, 3.8) is 0 Å². The summed E-state index contributed by atoms with van der Waals surface area (Å²) in [6.45, 7) is 0. The molecule has 1 aliphatic rings. The lowest BCUT2D eigenvalue weighted by molar-refractivity contribution is -0.115. The fraction of sp³-hybridized carbons (Fsp3) is 0.444. The van der Waals surface area contributed by atoms with Gasteiger partial charge in [-0.3, -0.25) is 4.79 Å². The first kappa shape index (κ1) is 10.9. The first-order valence-corrected chi connectivity index (χ1v) is 6.50. The Kier molecular flexibility index (Phi) is 3.58.